The van der Waals surface area contributed by atoms with Crippen molar-refractivity contribution in [1.29, 1.82) is 0 Å². The molecule has 1 aliphatic rings. The topological polar surface area (TPSA) is 77.9 Å². The van der Waals surface area contributed by atoms with Crippen LogP contribution in [0.1, 0.15) is 43.6 Å². The Hall–Kier alpha value is -2.67. The minimum Gasteiger partial charge on any atom is -0.508 e. The van der Waals surface area contributed by atoms with Crippen molar-refractivity contribution in [1.82, 2.24) is 9.80 Å². The number of hydrogen-bond acceptors (Lipinski definition) is 4. The van der Waals surface area contributed by atoms with Crippen molar-refractivity contribution >= 4 is 33.7 Å². The normalized spacial score (nSPS) is 13.1. The first-order chi connectivity index (χ1) is 12.3. The first-order valence-electron chi connectivity index (χ1n) is 8.06. The third-order valence-corrected chi connectivity index (χ3v) is 4.90. The van der Waals surface area contributed by atoms with Gasteiger partial charge in [-0.15, -0.1) is 0 Å². The molecule has 0 radical (unpaired) electrons. The van der Waals surface area contributed by atoms with Gasteiger partial charge in [-0.25, -0.2) is 0 Å². The summed E-state index contributed by atoms with van der Waals surface area (Å²) in [5.74, 6) is -0.942. The zero-order valence-electron chi connectivity index (χ0n) is 14.3. The van der Waals surface area contributed by atoms with Crippen molar-refractivity contribution < 1.29 is 19.5 Å². The Kier molecular flexibility index (Phi) is 4.82. The fraction of sp³-hybridized carbons (Fsp3) is 0.211. The average Bonchev–Trinajstić information content (AvgIpc) is 2.85. The number of phenolic OH excluding ortho intramolecular Hbond substituents is 1. The minimum atomic E-state index is -0.410. The molecule has 2 aromatic carbocycles. The van der Waals surface area contributed by atoms with Crippen LogP contribution in [0.4, 0.5) is 0 Å². The fourth-order valence-electron chi connectivity index (χ4n) is 2.89. The molecule has 1 N–H and O–H groups in total. The van der Waals surface area contributed by atoms with Crippen molar-refractivity contribution in [2.75, 3.05) is 13.6 Å². The van der Waals surface area contributed by atoms with Gasteiger partial charge in [0.15, 0.2) is 0 Å². The smallest absolute Gasteiger partial charge is 0.261 e. The lowest BCUT2D eigenvalue weighted by Crippen LogP contribution is -2.30. The largest absolute Gasteiger partial charge is 0.508 e. The van der Waals surface area contributed by atoms with Crippen molar-refractivity contribution in [2.45, 2.75) is 13.5 Å². The Morgan fingerprint density at radius 2 is 1.81 bits per heavy atom. The summed E-state index contributed by atoms with van der Waals surface area (Å²) >= 11 is 3.35. The third-order valence-electron chi connectivity index (χ3n) is 4.41. The minimum absolute atomic E-state index is 0.107. The first kappa shape index (κ1) is 18.1. The second kappa shape index (κ2) is 6.92. The number of aromatic hydroxyl groups is 1. The van der Waals surface area contributed by atoms with Gasteiger partial charge in [-0.3, -0.25) is 19.3 Å². The van der Waals surface area contributed by atoms with Crippen molar-refractivity contribution in [3.05, 3.63) is 63.1 Å². The highest BCUT2D eigenvalue weighted by molar-refractivity contribution is 9.10. The molecule has 7 heteroatoms. The fourth-order valence-corrected chi connectivity index (χ4v) is 3.30. The summed E-state index contributed by atoms with van der Waals surface area (Å²) in [6.07, 6.45) is 0. The zero-order valence-corrected chi connectivity index (χ0v) is 15.9. The lowest BCUT2D eigenvalue weighted by atomic mass is 10.0. The van der Waals surface area contributed by atoms with Crippen LogP contribution < -0.4 is 0 Å². The Morgan fingerprint density at radius 1 is 1.12 bits per heavy atom. The molecule has 6 nitrogen and oxygen atoms in total. The second-order valence-electron chi connectivity index (χ2n) is 6.02. The molecule has 134 valence electrons. The number of benzene rings is 2. The van der Waals surface area contributed by atoms with Crippen molar-refractivity contribution in [3.8, 4) is 5.75 Å². The Labute approximate surface area is 159 Å². The van der Waals surface area contributed by atoms with Crippen LogP contribution in [0.5, 0.6) is 5.75 Å². The number of hydrogen-bond donors (Lipinski definition) is 1. The molecule has 3 amide bonds. The van der Waals surface area contributed by atoms with Gasteiger partial charge < -0.3 is 10.0 Å². The number of fused-ring (bicyclic) bond motifs is 1. The van der Waals surface area contributed by atoms with E-state index >= 15 is 0 Å². The first-order valence-corrected chi connectivity index (χ1v) is 8.86. The quantitative estimate of drug-likeness (QED) is 0.776. The van der Waals surface area contributed by atoms with Crippen LogP contribution in [0.2, 0.25) is 0 Å². The van der Waals surface area contributed by atoms with Gasteiger partial charge >= 0.3 is 0 Å². The van der Waals surface area contributed by atoms with E-state index < -0.39 is 5.91 Å². The van der Waals surface area contributed by atoms with Crippen LogP contribution in [-0.4, -0.2) is 46.2 Å². The van der Waals surface area contributed by atoms with Crippen molar-refractivity contribution in [3.63, 3.8) is 0 Å². The van der Waals surface area contributed by atoms with Gasteiger partial charge in [0.05, 0.1) is 11.1 Å². The second-order valence-corrected chi connectivity index (χ2v) is 6.94. The zero-order chi connectivity index (χ0) is 19.0. The predicted octanol–water partition coefficient (Wildman–Crippen LogP) is 3.04. The number of halogens is 1. The van der Waals surface area contributed by atoms with Gasteiger partial charge in [0.2, 0.25) is 0 Å². The molecule has 0 unspecified atom stereocenters. The molecule has 0 saturated carbocycles. The van der Waals surface area contributed by atoms with Crippen LogP contribution in [0, 0.1) is 0 Å². The molecule has 0 saturated heterocycles. The van der Waals surface area contributed by atoms with Crippen LogP contribution >= 0.6 is 15.9 Å². The van der Waals surface area contributed by atoms with E-state index in [1.165, 1.54) is 19.2 Å². The molecule has 1 aliphatic heterocycles. The molecule has 2 aromatic rings. The summed E-state index contributed by atoms with van der Waals surface area (Å²) in [6, 6.07) is 9.56. The third kappa shape index (κ3) is 3.10. The molecule has 26 heavy (non-hydrogen) atoms. The van der Waals surface area contributed by atoms with E-state index in [9.17, 15) is 19.5 Å². The highest BCUT2D eigenvalue weighted by atomic mass is 79.9. The van der Waals surface area contributed by atoms with Gasteiger partial charge in [0.25, 0.3) is 17.7 Å². The Balaban J connectivity index is 1.89. The molecule has 0 bridgehead atoms. The van der Waals surface area contributed by atoms with Gasteiger partial charge in [-0.05, 0) is 43.3 Å². The van der Waals surface area contributed by atoms with Gasteiger partial charge in [-0.1, -0.05) is 15.9 Å². The van der Waals surface area contributed by atoms with E-state index in [1.54, 1.807) is 29.2 Å². The Morgan fingerprint density at radius 3 is 2.50 bits per heavy atom. The molecule has 1 heterocycles. The van der Waals surface area contributed by atoms with E-state index in [0.29, 0.717) is 23.2 Å². The van der Waals surface area contributed by atoms with Crippen molar-refractivity contribution in [2.24, 2.45) is 0 Å². The van der Waals surface area contributed by atoms with Crippen LogP contribution in [0.3, 0.4) is 0 Å². The predicted molar refractivity (Wildman–Crippen MR) is 99.1 cm³/mol. The lowest BCUT2D eigenvalue weighted by molar-refractivity contribution is 0.0692. The summed E-state index contributed by atoms with van der Waals surface area (Å²) in [4.78, 5) is 39.6. The lowest BCUT2D eigenvalue weighted by Gasteiger charge is -2.22. The maximum atomic E-state index is 12.9. The number of phenols is 1. The number of nitrogens with zero attached hydrogens (tertiary/aromatic N) is 2. The molecule has 3 rings (SSSR count). The highest BCUT2D eigenvalue weighted by Gasteiger charge is 2.33. The van der Waals surface area contributed by atoms with Crippen LogP contribution in [0.15, 0.2) is 40.9 Å². The summed E-state index contributed by atoms with van der Waals surface area (Å²) < 4.78 is 0.804. The maximum Gasteiger partial charge on any atom is 0.261 e. The van der Waals surface area contributed by atoms with Crippen LogP contribution in [-0.2, 0) is 6.54 Å². The molecule has 0 atom stereocenters. The monoisotopic (exact) mass is 416 g/mol. The highest BCUT2D eigenvalue weighted by Crippen LogP contribution is 2.26. The molecule has 0 aliphatic carbocycles. The summed E-state index contributed by atoms with van der Waals surface area (Å²) in [5, 5.41) is 10.0. The average molecular weight is 417 g/mol. The SMILES string of the molecule is CCN(Cc1cc(Br)ccc1O)C(=O)c1ccc2c(c1)C(=O)N(C)C2=O. The molecular weight excluding hydrogens is 400 g/mol. The van der Waals surface area contributed by atoms with E-state index in [0.717, 1.165) is 9.37 Å². The van der Waals surface area contributed by atoms with Crippen LogP contribution in [0.25, 0.3) is 0 Å². The van der Waals surface area contributed by atoms with Gasteiger partial charge in [0.1, 0.15) is 5.75 Å². The standard InChI is InChI=1S/C19H17BrN2O4/c1-3-22(10-12-8-13(20)5-7-16(12)23)17(24)11-4-6-14-15(9-11)19(26)21(2)18(14)25/h4-9,23H,3,10H2,1-2H3. The number of amides is 3. The summed E-state index contributed by atoms with van der Waals surface area (Å²) in [7, 11) is 1.42. The summed E-state index contributed by atoms with van der Waals surface area (Å²) in [6.45, 7) is 2.49. The molecule has 0 spiro atoms. The molecule has 0 aromatic heterocycles. The van der Waals surface area contributed by atoms with Gasteiger partial charge in [-0.2, -0.15) is 0 Å². The summed E-state index contributed by atoms with van der Waals surface area (Å²) in [5.41, 5.74) is 1.49. The number of imide groups is 1. The van der Waals surface area contributed by atoms with E-state index in [4.69, 9.17) is 0 Å². The number of rotatable bonds is 4. The number of carbonyl (C=O) groups is 3. The van der Waals surface area contributed by atoms with E-state index in [1.807, 2.05) is 6.92 Å². The maximum absolute atomic E-state index is 12.9. The molecule has 0 fully saturated rings. The van der Waals surface area contributed by atoms with E-state index in [-0.39, 0.29) is 29.7 Å². The molecular formula is C19H17BrN2O4. The number of carbonyl (C=O) groups excluding carboxylic acids is 3. The van der Waals surface area contributed by atoms with Gasteiger partial charge in [0, 0.05) is 35.7 Å². The van der Waals surface area contributed by atoms with E-state index in [2.05, 4.69) is 15.9 Å². The Bertz CT molecular complexity index is 926.